The molecule has 1 aromatic rings. The summed E-state index contributed by atoms with van der Waals surface area (Å²) in [6.45, 7) is 0. The molecule has 0 N–H and O–H groups in total. The Morgan fingerprint density at radius 1 is 1.64 bits per heavy atom. The lowest BCUT2D eigenvalue weighted by molar-refractivity contribution is 0.110. The van der Waals surface area contributed by atoms with Gasteiger partial charge in [0.15, 0.2) is 6.29 Å². The second kappa shape index (κ2) is 4.41. The zero-order valence-corrected chi connectivity index (χ0v) is 8.83. The van der Waals surface area contributed by atoms with Gasteiger partial charge in [0.1, 0.15) is 11.8 Å². The number of pyridine rings is 1. The van der Waals surface area contributed by atoms with Crippen molar-refractivity contribution < 1.29 is 13.6 Å². The van der Waals surface area contributed by atoms with Gasteiger partial charge in [0.2, 0.25) is 0 Å². The molecule has 3 nitrogen and oxygen atoms in total. The van der Waals surface area contributed by atoms with E-state index in [1.54, 1.807) is 28.7 Å². The van der Waals surface area contributed by atoms with E-state index in [2.05, 4.69) is 4.98 Å². The SMILES string of the molecule is N#Cc1c(I)cnc(C(F)F)c1C=O. The molecule has 0 aromatic carbocycles. The fourth-order valence-electron chi connectivity index (χ4n) is 0.924. The molecule has 1 rings (SSSR count). The molecule has 0 unspecified atom stereocenters. The first kappa shape index (κ1) is 11.0. The molecular formula is C8H3F2IN2O. The van der Waals surface area contributed by atoms with Gasteiger partial charge >= 0.3 is 0 Å². The minimum Gasteiger partial charge on any atom is -0.298 e. The lowest BCUT2D eigenvalue weighted by Crippen LogP contribution is -2.02. The molecular weight excluding hydrogens is 305 g/mol. The number of rotatable bonds is 2. The summed E-state index contributed by atoms with van der Waals surface area (Å²) in [5.74, 6) is 0. The molecule has 0 fully saturated rings. The van der Waals surface area contributed by atoms with E-state index in [-0.39, 0.29) is 17.4 Å². The second-order valence-corrected chi connectivity index (χ2v) is 3.47. The number of aldehydes is 1. The van der Waals surface area contributed by atoms with E-state index in [4.69, 9.17) is 5.26 Å². The predicted octanol–water partition coefficient (Wildman–Crippen LogP) is 2.31. The Bertz CT molecular complexity index is 415. The highest BCUT2D eigenvalue weighted by Crippen LogP contribution is 2.24. The maximum Gasteiger partial charge on any atom is 0.281 e. The van der Waals surface area contributed by atoms with E-state index in [0.29, 0.717) is 3.57 Å². The third-order valence-corrected chi connectivity index (χ3v) is 2.36. The van der Waals surface area contributed by atoms with Crippen molar-refractivity contribution in [3.05, 3.63) is 26.6 Å². The van der Waals surface area contributed by atoms with Gasteiger partial charge in [-0.05, 0) is 22.6 Å². The molecule has 72 valence electrons. The Balaban J connectivity index is 3.50. The summed E-state index contributed by atoms with van der Waals surface area (Å²) in [6.07, 6.45) is -1.47. The standard InChI is InChI=1S/C8H3F2IN2O/c9-8(10)7-5(3-14)4(1-12)6(11)2-13-7/h2-3,8H. The van der Waals surface area contributed by atoms with E-state index in [0.717, 1.165) is 6.20 Å². The van der Waals surface area contributed by atoms with Crippen molar-refractivity contribution in [1.29, 1.82) is 5.26 Å². The third-order valence-electron chi connectivity index (χ3n) is 1.54. The zero-order chi connectivity index (χ0) is 10.7. The number of aromatic nitrogens is 1. The molecule has 0 aliphatic heterocycles. The number of carbonyl (C=O) groups excluding carboxylic acids is 1. The van der Waals surface area contributed by atoms with Gasteiger partial charge in [0.05, 0.1) is 11.1 Å². The molecule has 0 amide bonds. The monoisotopic (exact) mass is 308 g/mol. The minimum absolute atomic E-state index is 0.0501. The number of hydrogen-bond acceptors (Lipinski definition) is 3. The Kier molecular flexibility index (Phi) is 3.46. The summed E-state index contributed by atoms with van der Waals surface area (Å²) in [4.78, 5) is 14.0. The van der Waals surface area contributed by atoms with Crippen molar-refractivity contribution in [3.63, 3.8) is 0 Å². The van der Waals surface area contributed by atoms with E-state index in [9.17, 15) is 13.6 Å². The smallest absolute Gasteiger partial charge is 0.281 e. The molecule has 0 saturated carbocycles. The Morgan fingerprint density at radius 3 is 2.71 bits per heavy atom. The third kappa shape index (κ3) is 1.87. The highest BCUT2D eigenvalue weighted by molar-refractivity contribution is 14.1. The van der Waals surface area contributed by atoms with Crippen LogP contribution < -0.4 is 0 Å². The van der Waals surface area contributed by atoms with Gasteiger partial charge < -0.3 is 0 Å². The Labute approximate surface area is 91.9 Å². The highest BCUT2D eigenvalue weighted by Gasteiger charge is 2.19. The maximum absolute atomic E-state index is 12.3. The molecule has 0 radical (unpaired) electrons. The van der Waals surface area contributed by atoms with Crippen molar-refractivity contribution >= 4 is 28.9 Å². The Hall–Kier alpha value is -1.10. The average Bonchev–Trinajstić information content (AvgIpc) is 2.16. The summed E-state index contributed by atoms with van der Waals surface area (Å²) in [6, 6.07) is 1.70. The van der Waals surface area contributed by atoms with Crippen molar-refractivity contribution in [1.82, 2.24) is 4.98 Å². The van der Waals surface area contributed by atoms with Crippen LogP contribution in [0, 0.1) is 14.9 Å². The Morgan fingerprint density at radius 2 is 2.29 bits per heavy atom. The van der Waals surface area contributed by atoms with Crippen LogP contribution in [0.15, 0.2) is 6.20 Å². The predicted molar refractivity (Wildman–Crippen MR) is 52.0 cm³/mol. The quantitative estimate of drug-likeness (QED) is 0.622. The number of hydrogen-bond donors (Lipinski definition) is 0. The summed E-state index contributed by atoms with van der Waals surface area (Å²) >= 11 is 1.76. The average molecular weight is 308 g/mol. The summed E-state index contributed by atoms with van der Waals surface area (Å²) in [5, 5.41) is 8.65. The minimum atomic E-state index is -2.85. The fourth-order valence-corrected chi connectivity index (χ4v) is 1.47. The van der Waals surface area contributed by atoms with Crippen LogP contribution >= 0.6 is 22.6 Å². The summed E-state index contributed by atoms with van der Waals surface area (Å²) in [7, 11) is 0. The topological polar surface area (TPSA) is 53.8 Å². The van der Waals surface area contributed by atoms with E-state index >= 15 is 0 Å². The largest absolute Gasteiger partial charge is 0.298 e. The first-order chi connectivity index (χ1) is 6.61. The van der Waals surface area contributed by atoms with Gasteiger partial charge in [-0.15, -0.1) is 0 Å². The van der Waals surface area contributed by atoms with Crippen molar-refractivity contribution in [2.75, 3.05) is 0 Å². The number of halogens is 3. The molecule has 6 heteroatoms. The zero-order valence-electron chi connectivity index (χ0n) is 6.67. The maximum atomic E-state index is 12.3. The van der Waals surface area contributed by atoms with Crippen molar-refractivity contribution in [2.45, 2.75) is 6.43 Å². The van der Waals surface area contributed by atoms with Crippen LogP contribution in [0.25, 0.3) is 0 Å². The van der Waals surface area contributed by atoms with Gasteiger partial charge in [-0.1, -0.05) is 0 Å². The molecule has 0 aliphatic carbocycles. The fraction of sp³-hybridized carbons (Fsp3) is 0.125. The van der Waals surface area contributed by atoms with Gasteiger partial charge in [0.25, 0.3) is 6.43 Å². The van der Waals surface area contributed by atoms with Crippen LogP contribution in [-0.2, 0) is 0 Å². The summed E-state index contributed by atoms with van der Waals surface area (Å²) in [5.41, 5.74) is -1.02. The van der Waals surface area contributed by atoms with Crippen LogP contribution in [0.2, 0.25) is 0 Å². The highest BCUT2D eigenvalue weighted by atomic mass is 127. The lowest BCUT2D eigenvalue weighted by atomic mass is 10.1. The van der Waals surface area contributed by atoms with E-state index in [1.807, 2.05) is 0 Å². The summed E-state index contributed by atoms with van der Waals surface area (Å²) < 4.78 is 25.0. The first-order valence-electron chi connectivity index (χ1n) is 3.43. The van der Waals surface area contributed by atoms with Crippen LogP contribution in [0.5, 0.6) is 0 Å². The molecule has 0 bridgehead atoms. The number of carbonyl (C=O) groups is 1. The van der Waals surface area contributed by atoms with Gasteiger partial charge in [-0.3, -0.25) is 9.78 Å². The van der Waals surface area contributed by atoms with Gasteiger partial charge in [-0.2, -0.15) is 5.26 Å². The first-order valence-corrected chi connectivity index (χ1v) is 4.51. The molecule has 14 heavy (non-hydrogen) atoms. The molecule has 1 heterocycles. The molecule has 0 saturated heterocycles. The molecule has 1 aromatic heterocycles. The number of nitrogens with zero attached hydrogens (tertiary/aromatic N) is 2. The van der Waals surface area contributed by atoms with Crippen LogP contribution in [0.3, 0.4) is 0 Å². The number of alkyl halides is 2. The molecule has 0 spiro atoms. The van der Waals surface area contributed by atoms with Gasteiger partial charge in [-0.25, -0.2) is 8.78 Å². The lowest BCUT2D eigenvalue weighted by Gasteiger charge is -2.04. The molecule has 0 atom stereocenters. The second-order valence-electron chi connectivity index (χ2n) is 2.31. The van der Waals surface area contributed by atoms with E-state index < -0.39 is 12.1 Å². The van der Waals surface area contributed by atoms with Crippen LogP contribution in [0.1, 0.15) is 28.0 Å². The van der Waals surface area contributed by atoms with Crippen LogP contribution in [-0.4, -0.2) is 11.3 Å². The van der Waals surface area contributed by atoms with Crippen molar-refractivity contribution in [3.8, 4) is 6.07 Å². The molecule has 0 aliphatic rings. The van der Waals surface area contributed by atoms with E-state index in [1.165, 1.54) is 0 Å². The van der Waals surface area contributed by atoms with Gasteiger partial charge in [0, 0.05) is 9.77 Å². The van der Waals surface area contributed by atoms with Crippen LogP contribution in [0.4, 0.5) is 8.78 Å². The van der Waals surface area contributed by atoms with Crippen molar-refractivity contribution in [2.24, 2.45) is 0 Å². The number of nitriles is 1. The normalized spacial score (nSPS) is 9.93.